The van der Waals surface area contributed by atoms with E-state index in [0.717, 1.165) is 64.9 Å². The zero-order valence-electron chi connectivity index (χ0n) is 18.3. The van der Waals surface area contributed by atoms with Gasteiger partial charge >= 0.3 is 0 Å². The van der Waals surface area contributed by atoms with Crippen LogP contribution in [0.4, 0.5) is 0 Å². The van der Waals surface area contributed by atoms with Crippen molar-refractivity contribution in [2.75, 3.05) is 65.5 Å². The minimum Gasteiger partial charge on any atom is -0.374 e. The number of hydrogen-bond acceptors (Lipinski definition) is 4. The standard InChI is InChI=1S/C20H43N5O.HI/c1-6-21-20(22-11-9-10-12-24(7-2)8-3)23-15-19-17-25(13-14-26-19)16-18(4)5;/h18-19H,6-17H2,1-5H3,(H2,21,22,23);1H. The first kappa shape index (κ1) is 26.9. The van der Waals surface area contributed by atoms with Crippen LogP contribution in [0.15, 0.2) is 4.99 Å². The number of hydrogen-bond donors (Lipinski definition) is 2. The van der Waals surface area contributed by atoms with Crippen molar-refractivity contribution in [1.29, 1.82) is 0 Å². The predicted octanol–water partition coefficient (Wildman–Crippen LogP) is 2.64. The molecule has 6 nitrogen and oxygen atoms in total. The minimum atomic E-state index is 0. The second-order valence-electron chi connectivity index (χ2n) is 7.53. The molecule has 1 heterocycles. The molecule has 0 aromatic heterocycles. The Labute approximate surface area is 184 Å². The molecule has 0 spiro atoms. The fourth-order valence-corrected chi connectivity index (χ4v) is 3.31. The van der Waals surface area contributed by atoms with Crippen LogP contribution in [0.25, 0.3) is 0 Å². The van der Waals surface area contributed by atoms with Crippen molar-refractivity contribution >= 4 is 29.9 Å². The first-order valence-electron chi connectivity index (χ1n) is 10.7. The molecule has 0 bridgehead atoms. The van der Waals surface area contributed by atoms with Crippen molar-refractivity contribution in [2.24, 2.45) is 10.9 Å². The minimum absolute atomic E-state index is 0. The van der Waals surface area contributed by atoms with Crippen LogP contribution < -0.4 is 10.6 Å². The summed E-state index contributed by atoms with van der Waals surface area (Å²) in [4.78, 5) is 9.72. The van der Waals surface area contributed by atoms with Crippen LogP contribution in [0.5, 0.6) is 0 Å². The molecule has 0 saturated carbocycles. The van der Waals surface area contributed by atoms with Gasteiger partial charge in [0.1, 0.15) is 0 Å². The fourth-order valence-electron chi connectivity index (χ4n) is 3.31. The smallest absolute Gasteiger partial charge is 0.191 e. The van der Waals surface area contributed by atoms with E-state index in [2.05, 4.69) is 55.1 Å². The summed E-state index contributed by atoms with van der Waals surface area (Å²) in [7, 11) is 0. The molecule has 1 unspecified atom stereocenters. The molecule has 1 fully saturated rings. The van der Waals surface area contributed by atoms with Crippen LogP contribution in [0.1, 0.15) is 47.5 Å². The quantitative estimate of drug-likeness (QED) is 0.188. The molecule has 1 saturated heterocycles. The first-order valence-corrected chi connectivity index (χ1v) is 10.7. The summed E-state index contributed by atoms with van der Waals surface area (Å²) in [5, 5.41) is 6.81. The maximum absolute atomic E-state index is 5.90. The summed E-state index contributed by atoms with van der Waals surface area (Å²) >= 11 is 0. The number of guanidine groups is 1. The van der Waals surface area contributed by atoms with Gasteiger partial charge in [-0.05, 0) is 45.3 Å². The van der Waals surface area contributed by atoms with Crippen molar-refractivity contribution < 1.29 is 4.74 Å². The number of nitrogens with zero attached hydrogens (tertiary/aromatic N) is 3. The Kier molecular flexibility index (Phi) is 16.7. The number of ether oxygens (including phenoxy) is 1. The molecule has 0 aromatic rings. The number of halogens is 1. The van der Waals surface area contributed by atoms with Gasteiger partial charge in [-0.25, -0.2) is 0 Å². The SMILES string of the molecule is CCNC(=NCC1CN(CC(C)C)CCO1)NCCCCN(CC)CC.I. The fraction of sp³-hybridized carbons (Fsp3) is 0.950. The van der Waals surface area contributed by atoms with Gasteiger partial charge in [0.15, 0.2) is 5.96 Å². The van der Waals surface area contributed by atoms with Gasteiger partial charge in [-0.2, -0.15) is 0 Å². The molecule has 162 valence electrons. The van der Waals surface area contributed by atoms with E-state index < -0.39 is 0 Å². The molecule has 7 heteroatoms. The third-order valence-corrected chi connectivity index (χ3v) is 4.73. The summed E-state index contributed by atoms with van der Waals surface area (Å²) < 4.78 is 5.90. The Morgan fingerprint density at radius 2 is 1.93 bits per heavy atom. The lowest BCUT2D eigenvalue weighted by Crippen LogP contribution is -2.46. The third kappa shape index (κ3) is 12.9. The van der Waals surface area contributed by atoms with Gasteiger partial charge in [0.05, 0.1) is 19.3 Å². The van der Waals surface area contributed by atoms with Gasteiger partial charge < -0.3 is 20.3 Å². The highest BCUT2D eigenvalue weighted by molar-refractivity contribution is 14.0. The molecule has 0 aliphatic carbocycles. The monoisotopic (exact) mass is 497 g/mol. The number of rotatable bonds is 12. The number of morpholine rings is 1. The molecule has 0 aromatic carbocycles. The molecular weight excluding hydrogens is 453 g/mol. The highest BCUT2D eigenvalue weighted by atomic mass is 127. The van der Waals surface area contributed by atoms with Crippen LogP contribution in [0.2, 0.25) is 0 Å². The van der Waals surface area contributed by atoms with Crippen molar-refractivity contribution in [2.45, 2.75) is 53.6 Å². The molecule has 1 rings (SSSR count). The van der Waals surface area contributed by atoms with E-state index in [1.54, 1.807) is 0 Å². The Morgan fingerprint density at radius 1 is 1.19 bits per heavy atom. The third-order valence-electron chi connectivity index (χ3n) is 4.73. The van der Waals surface area contributed by atoms with Gasteiger partial charge in [-0.1, -0.05) is 27.7 Å². The van der Waals surface area contributed by atoms with Gasteiger partial charge in [-0.3, -0.25) is 9.89 Å². The maximum atomic E-state index is 5.90. The van der Waals surface area contributed by atoms with Crippen molar-refractivity contribution in [3.05, 3.63) is 0 Å². The lowest BCUT2D eigenvalue weighted by Gasteiger charge is -2.33. The van der Waals surface area contributed by atoms with Gasteiger partial charge in [-0.15, -0.1) is 24.0 Å². The second-order valence-corrected chi connectivity index (χ2v) is 7.53. The predicted molar refractivity (Wildman–Crippen MR) is 127 cm³/mol. The molecule has 27 heavy (non-hydrogen) atoms. The normalized spacial score (nSPS) is 18.6. The van der Waals surface area contributed by atoms with Gasteiger partial charge in [0.2, 0.25) is 0 Å². The van der Waals surface area contributed by atoms with Crippen LogP contribution >= 0.6 is 24.0 Å². The number of unbranched alkanes of at least 4 members (excludes halogenated alkanes) is 1. The van der Waals surface area contributed by atoms with E-state index >= 15 is 0 Å². The number of aliphatic imine (C=N–C) groups is 1. The summed E-state index contributed by atoms with van der Waals surface area (Å²) in [5.41, 5.74) is 0. The second kappa shape index (κ2) is 16.8. The number of nitrogens with one attached hydrogen (secondary N) is 2. The average Bonchev–Trinajstić information content (AvgIpc) is 2.62. The van der Waals surface area contributed by atoms with E-state index in [4.69, 9.17) is 9.73 Å². The summed E-state index contributed by atoms with van der Waals surface area (Å²) in [5.74, 6) is 1.62. The first-order chi connectivity index (χ1) is 12.6. The summed E-state index contributed by atoms with van der Waals surface area (Å²) in [6.07, 6.45) is 2.60. The lowest BCUT2D eigenvalue weighted by molar-refractivity contribution is -0.0261. The molecular formula is C20H44IN5O. The van der Waals surface area contributed by atoms with E-state index in [1.165, 1.54) is 19.4 Å². The van der Waals surface area contributed by atoms with Crippen LogP contribution in [0, 0.1) is 5.92 Å². The van der Waals surface area contributed by atoms with Crippen LogP contribution in [-0.4, -0.2) is 87.4 Å². The average molecular weight is 498 g/mol. The van der Waals surface area contributed by atoms with Crippen molar-refractivity contribution in [3.8, 4) is 0 Å². The van der Waals surface area contributed by atoms with E-state index in [9.17, 15) is 0 Å². The largest absolute Gasteiger partial charge is 0.374 e. The Morgan fingerprint density at radius 3 is 2.56 bits per heavy atom. The van der Waals surface area contributed by atoms with E-state index in [-0.39, 0.29) is 30.1 Å². The van der Waals surface area contributed by atoms with Crippen molar-refractivity contribution in [3.63, 3.8) is 0 Å². The van der Waals surface area contributed by atoms with Gasteiger partial charge in [0.25, 0.3) is 0 Å². The summed E-state index contributed by atoms with van der Waals surface area (Å²) in [6, 6.07) is 0. The molecule has 0 amide bonds. The molecule has 2 N–H and O–H groups in total. The highest BCUT2D eigenvalue weighted by Gasteiger charge is 2.20. The van der Waals surface area contributed by atoms with Gasteiger partial charge in [0, 0.05) is 32.7 Å². The zero-order chi connectivity index (χ0) is 19.2. The Hall–Kier alpha value is -0.120. The topological polar surface area (TPSA) is 52.1 Å². The van der Waals surface area contributed by atoms with E-state index in [1.807, 2.05) is 0 Å². The zero-order valence-corrected chi connectivity index (χ0v) is 20.6. The maximum Gasteiger partial charge on any atom is 0.191 e. The Bertz CT molecular complexity index is 377. The Balaban J connectivity index is 0.00000676. The molecule has 1 aliphatic heterocycles. The van der Waals surface area contributed by atoms with E-state index in [0.29, 0.717) is 5.92 Å². The molecule has 0 radical (unpaired) electrons. The highest BCUT2D eigenvalue weighted by Crippen LogP contribution is 2.08. The molecule has 1 aliphatic rings. The van der Waals surface area contributed by atoms with Crippen molar-refractivity contribution in [1.82, 2.24) is 20.4 Å². The van der Waals surface area contributed by atoms with Crippen LogP contribution in [0.3, 0.4) is 0 Å². The lowest BCUT2D eigenvalue weighted by atomic mass is 10.2. The van der Waals surface area contributed by atoms with Crippen LogP contribution in [-0.2, 0) is 4.74 Å². The molecule has 1 atom stereocenters. The summed E-state index contributed by atoms with van der Waals surface area (Å²) in [6.45, 7) is 21.2.